The summed E-state index contributed by atoms with van der Waals surface area (Å²) in [4.78, 5) is 13.3. The molecule has 1 fully saturated rings. The van der Waals surface area contributed by atoms with Gasteiger partial charge in [0.1, 0.15) is 11.6 Å². The molecular formula is C22H20ClF4N3O3. The number of ether oxygens (including phenoxy) is 1. The Hall–Kier alpha value is -2.85. The van der Waals surface area contributed by atoms with Crippen molar-refractivity contribution in [2.75, 3.05) is 13.1 Å². The van der Waals surface area contributed by atoms with Crippen LogP contribution < -0.4 is 4.74 Å². The molecule has 1 saturated heterocycles. The fourth-order valence-electron chi connectivity index (χ4n) is 4.30. The highest BCUT2D eigenvalue weighted by atomic mass is 35.5. The molecule has 1 aliphatic rings. The Morgan fingerprint density at radius 2 is 2.00 bits per heavy atom. The van der Waals surface area contributed by atoms with E-state index in [0.29, 0.717) is 41.7 Å². The number of likely N-dealkylation sites (tertiary alicyclic amines) is 1. The molecule has 0 saturated carbocycles. The Bertz CT molecular complexity index is 1230. The molecule has 3 aromatic rings. The maximum absolute atomic E-state index is 14.3. The first-order valence-corrected chi connectivity index (χ1v) is 10.5. The normalized spacial score (nSPS) is 18.1. The number of hydrogen-bond acceptors (Lipinski definition) is 4. The predicted octanol–water partition coefficient (Wildman–Crippen LogP) is 5.74. The summed E-state index contributed by atoms with van der Waals surface area (Å²) < 4.78 is 57.9. The molecule has 1 aromatic heterocycles. The van der Waals surface area contributed by atoms with Crippen molar-refractivity contribution in [2.45, 2.75) is 38.7 Å². The van der Waals surface area contributed by atoms with E-state index in [1.54, 1.807) is 17.7 Å². The van der Waals surface area contributed by atoms with Crippen LogP contribution in [0.25, 0.3) is 10.9 Å². The van der Waals surface area contributed by atoms with Gasteiger partial charge in [-0.2, -0.15) is 5.10 Å². The van der Waals surface area contributed by atoms with Gasteiger partial charge in [0.05, 0.1) is 22.8 Å². The molecule has 0 aliphatic carbocycles. The zero-order valence-electron chi connectivity index (χ0n) is 17.7. The van der Waals surface area contributed by atoms with Gasteiger partial charge in [-0.25, -0.2) is 9.18 Å². The number of rotatable bonds is 5. The minimum atomic E-state index is -4.82. The second kappa shape index (κ2) is 8.49. The summed E-state index contributed by atoms with van der Waals surface area (Å²) in [6.45, 7) is 4.73. The summed E-state index contributed by atoms with van der Waals surface area (Å²) in [6, 6.07) is 6.10. The SMILES string of the molecule is Cc1nn([C@@H]2CCN(C(C)c3cc(Cl)cc(OC(F)(F)F)c3)C2)c2cc(F)c(C(=O)O)cc12. The zero-order valence-corrected chi connectivity index (χ0v) is 18.4. The minimum Gasteiger partial charge on any atom is -0.478 e. The molecule has 1 unspecified atom stereocenters. The van der Waals surface area contributed by atoms with E-state index in [1.807, 2.05) is 6.92 Å². The molecule has 0 bridgehead atoms. The number of carboxylic acids is 1. The lowest BCUT2D eigenvalue weighted by molar-refractivity contribution is -0.274. The van der Waals surface area contributed by atoms with E-state index in [-0.39, 0.29) is 22.9 Å². The summed E-state index contributed by atoms with van der Waals surface area (Å²) in [5, 5.41) is 14.4. The lowest BCUT2D eigenvalue weighted by Gasteiger charge is -2.25. The van der Waals surface area contributed by atoms with Gasteiger partial charge in [0, 0.05) is 35.6 Å². The third-order valence-electron chi connectivity index (χ3n) is 5.91. The van der Waals surface area contributed by atoms with Crippen LogP contribution in [0.3, 0.4) is 0 Å². The largest absolute Gasteiger partial charge is 0.573 e. The van der Waals surface area contributed by atoms with Gasteiger partial charge in [0.2, 0.25) is 0 Å². The number of carboxylic acid groups (broad SMARTS) is 1. The zero-order chi connectivity index (χ0) is 24.1. The number of aromatic carboxylic acids is 1. The summed E-state index contributed by atoms with van der Waals surface area (Å²) >= 11 is 6.01. The molecule has 1 aliphatic heterocycles. The van der Waals surface area contributed by atoms with Gasteiger partial charge in [-0.15, -0.1) is 13.2 Å². The molecule has 11 heteroatoms. The Morgan fingerprint density at radius 3 is 2.67 bits per heavy atom. The number of fused-ring (bicyclic) bond motifs is 1. The first-order chi connectivity index (χ1) is 15.4. The standard InChI is InChI=1S/C22H20ClF4N3O3/c1-11-17-8-18(21(31)32)19(24)9-20(17)30(28-11)15-3-4-29(10-15)12(2)13-5-14(23)7-16(6-13)33-22(25,26)27/h5-9,12,15H,3-4,10H2,1-2H3,(H,31,32)/t12?,15-/m1/s1. The summed E-state index contributed by atoms with van der Waals surface area (Å²) in [5.74, 6) is -2.57. The van der Waals surface area contributed by atoms with Gasteiger partial charge >= 0.3 is 12.3 Å². The van der Waals surface area contributed by atoms with Gasteiger partial charge in [0.15, 0.2) is 0 Å². The van der Waals surface area contributed by atoms with Gasteiger partial charge in [-0.1, -0.05) is 11.6 Å². The molecular weight excluding hydrogens is 466 g/mol. The lowest BCUT2D eigenvalue weighted by atomic mass is 10.1. The Kier molecular flexibility index (Phi) is 6.00. The van der Waals surface area contributed by atoms with Crippen LogP contribution in [0.1, 0.15) is 47.0 Å². The quantitative estimate of drug-likeness (QED) is 0.467. The van der Waals surface area contributed by atoms with Crippen LogP contribution >= 0.6 is 11.6 Å². The lowest BCUT2D eigenvalue weighted by Crippen LogP contribution is -2.25. The molecule has 0 radical (unpaired) electrons. The molecule has 6 nitrogen and oxygen atoms in total. The Balaban J connectivity index is 1.58. The molecule has 0 amide bonds. The number of carbonyl (C=O) groups is 1. The first kappa shape index (κ1) is 23.3. The maximum atomic E-state index is 14.3. The van der Waals surface area contributed by atoms with Crippen LogP contribution in [-0.4, -0.2) is 45.2 Å². The van der Waals surface area contributed by atoms with Gasteiger partial charge < -0.3 is 9.84 Å². The minimum absolute atomic E-state index is 0.121. The predicted molar refractivity (Wildman–Crippen MR) is 113 cm³/mol. The van der Waals surface area contributed by atoms with E-state index in [4.69, 9.17) is 11.6 Å². The van der Waals surface area contributed by atoms with Crippen LogP contribution in [0.15, 0.2) is 30.3 Å². The Labute approximate surface area is 191 Å². The number of halogens is 5. The van der Waals surface area contributed by atoms with Crippen LogP contribution in [-0.2, 0) is 0 Å². The van der Waals surface area contributed by atoms with Crippen molar-refractivity contribution in [3.63, 3.8) is 0 Å². The molecule has 2 aromatic carbocycles. The van der Waals surface area contributed by atoms with Gasteiger partial charge in [-0.3, -0.25) is 9.58 Å². The molecule has 2 heterocycles. The average molecular weight is 486 g/mol. The van der Waals surface area contributed by atoms with E-state index >= 15 is 0 Å². The molecule has 33 heavy (non-hydrogen) atoms. The number of aromatic nitrogens is 2. The third-order valence-corrected chi connectivity index (χ3v) is 6.13. The number of alkyl halides is 3. The van der Waals surface area contributed by atoms with Crippen LogP contribution in [0.4, 0.5) is 17.6 Å². The summed E-state index contributed by atoms with van der Waals surface area (Å²) in [5.41, 5.74) is 1.24. The molecule has 2 atom stereocenters. The third kappa shape index (κ3) is 4.77. The number of nitrogens with zero attached hydrogens (tertiary/aromatic N) is 3. The summed E-state index contributed by atoms with van der Waals surface area (Å²) in [6.07, 6.45) is -4.14. The first-order valence-electron chi connectivity index (χ1n) is 10.1. The molecule has 1 N–H and O–H groups in total. The number of benzene rings is 2. The fraction of sp³-hybridized carbons (Fsp3) is 0.364. The monoisotopic (exact) mass is 485 g/mol. The topological polar surface area (TPSA) is 67.6 Å². The number of aryl methyl sites for hydroxylation is 1. The van der Waals surface area contributed by atoms with Crippen molar-refractivity contribution in [2.24, 2.45) is 0 Å². The number of hydrogen-bond donors (Lipinski definition) is 1. The highest BCUT2D eigenvalue weighted by Gasteiger charge is 2.33. The molecule has 4 rings (SSSR count). The second-order valence-corrected chi connectivity index (χ2v) is 8.50. The smallest absolute Gasteiger partial charge is 0.478 e. The fourth-order valence-corrected chi connectivity index (χ4v) is 4.54. The molecule has 176 valence electrons. The van der Waals surface area contributed by atoms with E-state index < -0.39 is 23.7 Å². The van der Waals surface area contributed by atoms with E-state index in [0.717, 1.165) is 6.07 Å². The highest BCUT2D eigenvalue weighted by Crippen LogP contribution is 2.36. The van der Waals surface area contributed by atoms with Crippen molar-refractivity contribution in [1.29, 1.82) is 0 Å². The van der Waals surface area contributed by atoms with Crippen LogP contribution in [0.2, 0.25) is 5.02 Å². The highest BCUT2D eigenvalue weighted by molar-refractivity contribution is 6.30. The van der Waals surface area contributed by atoms with E-state index in [9.17, 15) is 27.5 Å². The maximum Gasteiger partial charge on any atom is 0.573 e. The van der Waals surface area contributed by atoms with Crippen molar-refractivity contribution >= 4 is 28.5 Å². The van der Waals surface area contributed by atoms with Crippen molar-refractivity contribution < 1.29 is 32.2 Å². The van der Waals surface area contributed by atoms with Crippen molar-refractivity contribution in [1.82, 2.24) is 14.7 Å². The van der Waals surface area contributed by atoms with Crippen molar-refractivity contribution in [3.05, 3.63) is 58.0 Å². The van der Waals surface area contributed by atoms with Crippen molar-refractivity contribution in [3.8, 4) is 5.75 Å². The van der Waals surface area contributed by atoms with Gasteiger partial charge in [-0.05, 0) is 50.1 Å². The van der Waals surface area contributed by atoms with Gasteiger partial charge in [0.25, 0.3) is 0 Å². The Morgan fingerprint density at radius 1 is 1.27 bits per heavy atom. The summed E-state index contributed by atoms with van der Waals surface area (Å²) in [7, 11) is 0. The van der Waals surface area contributed by atoms with E-state index in [1.165, 1.54) is 18.2 Å². The molecule has 0 spiro atoms. The average Bonchev–Trinajstić information content (AvgIpc) is 3.29. The van der Waals surface area contributed by atoms with E-state index in [2.05, 4.69) is 14.7 Å². The van der Waals surface area contributed by atoms with Crippen LogP contribution in [0.5, 0.6) is 5.75 Å². The second-order valence-electron chi connectivity index (χ2n) is 8.07. The van der Waals surface area contributed by atoms with Crippen LogP contribution in [0, 0.1) is 12.7 Å².